The van der Waals surface area contributed by atoms with Crippen molar-refractivity contribution in [3.05, 3.63) is 35.4 Å². The van der Waals surface area contributed by atoms with Gasteiger partial charge in [-0.1, -0.05) is 12.1 Å². The Morgan fingerprint density at radius 1 is 0.929 bits per heavy atom. The molecule has 0 radical (unpaired) electrons. The lowest BCUT2D eigenvalue weighted by Gasteiger charge is -1.89. The summed E-state index contributed by atoms with van der Waals surface area (Å²) in [5.41, 5.74) is 0.215. The Kier molecular flexibility index (Phi) is 3.01. The highest BCUT2D eigenvalue weighted by molar-refractivity contribution is 6.00. The number of carbonyl (C=O) groups is 2. The molecule has 0 aliphatic heterocycles. The molecule has 0 fully saturated rings. The number of hydrogen-bond acceptors (Lipinski definition) is 2. The highest BCUT2D eigenvalue weighted by atomic mass is 16.4. The molecule has 0 saturated carbocycles. The molecule has 0 atom stereocenters. The van der Waals surface area contributed by atoms with Crippen LogP contribution in [0.3, 0.4) is 0 Å². The fourth-order valence-corrected chi connectivity index (χ4v) is 0.995. The van der Waals surface area contributed by atoms with E-state index in [1.807, 2.05) is 0 Å². The SMILES string of the molecule is C=[O+]C(=O)c1ccccc1C(=O)[O+]=C. The molecule has 0 aliphatic rings. The van der Waals surface area contributed by atoms with Crippen LogP contribution in [0.2, 0.25) is 0 Å². The molecule has 1 aromatic carbocycles. The van der Waals surface area contributed by atoms with Crippen LogP contribution >= 0.6 is 0 Å². The van der Waals surface area contributed by atoms with E-state index in [4.69, 9.17) is 0 Å². The van der Waals surface area contributed by atoms with Gasteiger partial charge in [-0.3, -0.25) is 8.85 Å². The molecular formula is C10H8O4+2. The van der Waals surface area contributed by atoms with Crippen LogP contribution in [0.4, 0.5) is 0 Å². The van der Waals surface area contributed by atoms with E-state index in [1.165, 1.54) is 12.1 Å². The molecule has 14 heavy (non-hydrogen) atoms. The second-order valence-corrected chi connectivity index (χ2v) is 2.41. The lowest BCUT2D eigenvalue weighted by atomic mass is 10.1. The fraction of sp³-hybridized carbons (Fsp3) is 0. The van der Waals surface area contributed by atoms with Crippen molar-refractivity contribution in [2.24, 2.45) is 0 Å². The average molecular weight is 192 g/mol. The van der Waals surface area contributed by atoms with Gasteiger partial charge in [0.1, 0.15) is 0 Å². The van der Waals surface area contributed by atoms with Crippen molar-refractivity contribution in [3.8, 4) is 0 Å². The zero-order chi connectivity index (χ0) is 10.6. The number of hydrogen-bond donors (Lipinski definition) is 0. The molecule has 0 amide bonds. The summed E-state index contributed by atoms with van der Waals surface area (Å²) < 4.78 is 8.51. The number of rotatable bonds is 2. The fourth-order valence-electron chi connectivity index (χ4n) is 0.995. The van der Waals surface area contributed by atoms with Crippen LogP contribution in [0.1, 0.15) is 20.7 Å². The third-order valence-corrected chi connectivity index (χ3v) is 1.63. The summed E-state index contributed by atoms with van der Waals surface area (Å²) in [7, 11) is 0. The Hall–Kier alpha value is -2.10. The van der Waals surface area contributed by atoms with E-state index in [0.29, 0.717) is 0 Å². The Labute approximate surface area is 80.2 Å². The smallest absolute Gasteiger partial charge is 0.284 e. The molecule has 4 heteroatoms. The molecular weight excluding hydrogens is 184 g/mol. The van der Waals surface area contributed by atoms with Crippen molar-refractivity contribution < 1.29 is 18.4 Å². The maximum atomic E-state index is 11.1. The zero-order valence-electron chi connectivity index (χ0n) is 7.36. The van der Waals surface area contributed by atoms with Gasteiger partial charge in [0.25, 0.3) is 0 Å². The molecule has 0 aromatic heterocycles. The Balaban J connectivity index is 3.28. The number of benzene rings is 1. The Morgan fingerprint density at radius 2 is 1.29 bits per heavy atom. The van der Waals surface area contributed by atoms with Gasteiger partial charge in [0.05, 0.1) is 9.59 Å². The van der Waals surface area contributed by atoms with Gasteiger partial charge < -0.3 is 0 Å². The lowest BCUT2D eigenvalue weighted by Crippen LogP contribution is -2.08. The van der Waals surface area contributed by atoms with Crippen LogP contribution in [0.5, 0.6) is 0 Å². The third-order valence-electron chi connectivity index (χ3n) is 1.63. The minimum Gasteiger partial charge on any atom is -0.284 e. The first-order valence-electron chi connectivity index (χ1n) is 3.72. The van der Waals surface area contributed by atoms with E-state index in [0.717, 1.165) is 0 Å². The molecule has 0 N–H and O–H groups in total. The molecule has 0 unspecified atom stereocenters. The van der Waals surface area contributed by atoms with E-state index in [9.17, 15) is 9.59 Å². The van der Waals surface area contributed by atoms with E-state index in [1.54, 1.807) is 12.1 Å². The molecule has 0 spiro atoms. The van der Waals surface area contributed by atoms with Crippen LogP contribution in [0.15, 0.2) is 24.3 Å². The Morgan fingerprint density at radius 3 is 1.57 bits per heavy atom. The second-order valence-electron chi connectivity index (χ2n) is 2.41. The maximum Gasteiger partial charge on any atom is 0.613 e. The average Bonchev–Trinajstić information content (AvgIpc) is 2.27. The molecule has 0 heterocycles. The van der Waals surface area contributed by atoms with Crippen LogP contribution in [0.25, 0.3) is 0 Å². The summed E-state index contributed by atoms with van der Waals surface area (Å²) in [4.78, 5) is 22.3. The van der Waals surface area contributed by atoms with Gasteiger partial charge in [-0.15, -0.1) is 0 Å². The normalized spacial score (nSPS) is 9.14. The van der Waals surface area contributed by atoms with Gasteiger partial charge in [-0.25, -0.2) is 0 Å². The van der Waals surface area contributed by atoms with E-state index >= 15 is 0 Å². The maximum absolute atomic E-state index is 11.1. The molecule has 70 valence electrons. The van der Waals surface area contributed by atoms with E-state index in [-0.39, 0.29) is 11.1 Å². The summed E-state index contributed by atoms with van der Waals surface area (Å²) in [6, 6.07) is 6.10. The van der Waals surface area contributed by atoms with Gasteiger partial charge in [0.2, 0.25) is 0 Å². The largest absolute Gasteiger partial charge is 0.613 e. The van der Waals surface area contributed by atoms with Gasteiger partial charge in [0.15, 0.2) is 24.7 Å². The summed E-state index contributed by atoms with van der Waals surface area (Å²) in [6.45, 7) is 5.94. The van der Waals surface area contributed by atoms with Crippen molar-refractivity contribution in [2.75, 3.05) is 0 Å². The van der Waals surface area contributed by atoms with Gasteiger partial charge in [-0.2, -0.15) is 0 Å². The first kappa shape index (κ1) is 9.98. The predicted octanol–water partition coefficient (Wildman–Crippen LogP) is 0.696. The summed E-state index contributed by atoms with van der Waals surface area (Å²) in [5.74, 6) is -1.38. The minimum atomic E-state index is -0.689. The second kappa shape index (κ2) is 4.23. The van der Waals surface area contributed by atoms with Crippen molar-refractivity contribution in [1.82, 2.24) is 0 Å². The highest BCUT2D eigenvalue weighted by Crippen LogP contribution is 2.09. The van der Waals surface area contributed by atoms with Crippen LogP contribution in [-0.2, 0) is 8.85 Å². The monoisotopic (exact) mass is 192 g/mol. The summed E-state index contributed by atoms with van der Waals surface area (Å²) in [5, 5.41) is 0. The van der Waals surface area contributed by atoms with Crippen LogP contribution in [-0.4, -0.2) is 25.5 Å². The third kappa shape index (κ3) is 1.80. The minimum absolute atomic E-state index is 0.108. The summed E-state index contributed by atoms with van der Waals surface area (Å²) >= 11 is 0. The van der Waals surface area contributed by atoms with Crippen molar-refractivity contribution >= 4 is 25.5 Å². The Bertz CT molecular complexity index is 367. The van der Waals surface area contributed by atoms with Crippen molar-refractivity contribution in [2.45, 2.75) is 0 Å². The first-order chi connectivity index (χ1) is 6.70. The first-order valence-corrected chi connectivity index (χ1v) is 3.72. The number of carbonyl (C=O) groups excluding carboxylic acids is 4. The molecule has 0 saturated heterocycles. The van der Waals surface area contributed by atoms with Crippen molar-refractivity contribution in [3.63, 3.8) is 0 Å². The molecule has 0 aliphatic carbocycles. The highest BCUT2D eigenvalue weighted by Gasteiger charge is 2.30. The molecule has 1 aromatic rings. The quantitative estimate of drug-likeness (QED) is 0.647. The van der Waals surface area contributed by atoms with Crippen LogP contribution in [0, 0.1) is 0 Å². The molecule has 0 bridgehead atoms. The van der Waals surface area contributed by atoms with E-state index in [2.05, 4.69) is 22.4 Å². The molecule has 4 nitrogen and oxygen atoms in total. The predicted molar refractivity (Wildman–Crippen MR) is 49.3 cm³/mol. The standard InChI is InChI=1S/C10H8O4/c1-13-9(11)7-5-3-4-6-8(7)10(12)14-2/h3-6H,1-2H2/q+2. The van der Waals surface area contributed by atoms with Gasteiger partial charge >= 0.3 is 11.9 Å². The van der Waals surface area contributed by atoms with Crippen molar-refractivity contribution in [1.29, 1.82) is 0 Å². The lowest BCUT2D eigenvalue weighted by molar-refractivity contribution is -0.338. The van der Waals surface area contributed by atoms with Gasteiger partial charge in [0, 0.05) is 0 Å². The zero-order valence-corrected chi connectivity index (χ0v) is 7.36. The topological polar surface area (TPSA) is 56.7 Å². The van der Waals surface area contributed by atoms with Gasteiger partial charge in [-0.05, 0) is 12.1 Å². The molecule has 1 rings (SSSR count). The summed E-state index contributed by atoms with van der Waals surface area (Å²) in [6.07, 6.45) is 0. The van der Waals surface area contributed by atoms with E-state index < -0.39 is 11.9 Å². The van der Waals surface area contributed by atoms with Crippen LogP contribution < -0.4 is 0 Å².